The van der Waals surface area contributed by atoms with Crippen molar-refractivity contribution in [3.05, 3.63) is 28.8 Å². The Morgan fingerprint density at radius 2 is 2.05 bits per heavy atom. The molecule has 0 fully saturated rings. The van der Waals surface area contributed by atoms with E-state index >= 15 is 0 Å². The molecule has 0 heterocycles. The molecule has 0 saturated heterocycles. The van der Waals surface area contributed by atoms with Gasteiger partial charge in [-0.1, -0.05) is 11.6 Å². The molecule has 0 atom stereocenters. The summed E-state index contributed by atoms with van der Waals surface area (Å²) in [5.74, 6) is -0.434. The Morgan fingerprint density at radius 1 is 1.37 bits per heavy atom. The number of hydrogen-bond donors (Lipinski definition) is 2. The van der Waals surface area contributed by atoms with Gasteiger partial charge in [0, 0.05) is 32.8 Å². The van der Waals surface area contributed by atoms with Gasteiger partial charge in [-0.2, -0.15) is 0 Å². The standard InChI is InChI=1S/C13H17ClN2O3/c1-16(2)13(19)10-8-9(5-6-11(10)14)15-12(18)4-3-7-17/h5-6,8,17H,3-4,7H2,1-2H3,(H,15,18). The number of nitrogens with one attached hydrogen (secondary N) is 1. The number of nitrogens with zero attached hydrogens (tertiary/aromatic N) is 1. The fraction of sp³-hybridized carbons (Fsp3) is 0.385. The van der Waals surface area contributed by atoms with E-state index < -0.39 is 0 Å². The van der Waals surface area contributed by atoms with E-state index in [1.165, 1.54) is 4.90 Å². The first-order valence-electron chi connectivity index (χ1n) is 5.87. The smallest absolute Gasteiger partial charge is 0.254 e. The zero-order chi connectivity index (χ0) is 14.4. The Hall–Kier alpha value is -1.59. The third-order valence-corrected chi connectivity index (χ3v) is 2.78. The second kappa shape index (κ2) is 7.11. The van der Waals surface area contributed by atoms with Crippen LogP contribution in [0.2, 0.25) is 5.02 Å². The number of halogens is 1. The van der Waals surface area contributed by atoms with Gasteiger partial charge in [-0.05, 0) is 24.6 Å². The van der Waals surface area contributed by atoms with Crippen molar-refractivity contribution in [1.29, 1.82) is 0 Å². The quantitative estimate of drug-likeness (QED) is 0.865. The summed E-state index contributed by atoms with van der Waals surface area (Å²) in [4.78, 5) is 24.8. The second-order valence-electron chi connectivity index (χ2n) is 4.27. The molecule has 0 aliphatic carbocycles. The van der Waals surface area contributed by atoms with Crippen molar-refractivity contribution in [2.75, 3.05) is 26.0 Å². The highest BCUT2D eigenvalue weighted by Crippen LogP contribution is 2.21. The molecule has 0 aromatic heterocycles. The molecule has 1 aromatic carbocycles. The maximum absolute atomic E-state index is 11.9. The van der Waals surface area contributed by atoms with Gasteiger partial charge >= 0.3 is 0 Å². The van der Waals surface area contributed by atoms with Gasteiger partial charge in [0.25, 0.3) is 5.91 Å². The number of aliphatic hydroxyl groups is 1. The fourth-order valence-electron chi connectivity index (χ4n) is 1.47. The third kappa shape index (κ3) is 4.54. The average molecular weight is 285 g/mol. The van der Waals surface area contributed by atoms with Crippen LogP contribution in [0.15, 0.2) is 18.2 Å². The van der Waals surface area contributed by atoms with E-state index in [0.717, 1.165) is 0 Å². The summed E-state index contributed by atoms with van der Waals surface area (Å²) < 4.78 is 0. The van der Waals surface area contributed by atoms with Gasteiger partial charge in [0.2, 0.25) is 5.91 Å². The SMILES string of the molecule is CN(C)C(=O)c1cc(NC(=O)CCCO)ccc1Cl. The number of carbonyl (C=O) groups is 2. The second-order valence-corrected chi connectivity index (χ2v) is 4.68. The van der Waals surface area contributed by atoms with Crippen molar-refractivity contribution >= 4 is 29.1 Å². The van der Waals surface area contributed by atoms with E-state index in [4.69, 9.17) is 16.7 Å². The summed E-state index contributed by atoms with van der Waals surface area (Å²) in [6, 6.07) is 4.74. The number of rotatable bonds is 5. The molecule has 104 valence electrons. The molecule has 0 aliphatic rings. The zero-order valence-electron chi connectivity index (χ0n) is 10.9. The number of anilines is 1. The maximum atomic E-state index is 11.9. The Balaban J connectivity index is 2.84. The summed E-state index contributed by atoms with van der Waals surface area (Å²) >= 11 is 5.96. The minimum absolute atomic E-state index is 0.0294. The van der Waals surface area contributed by atoms with Crippen LogP contribution in [-0.4, -0.2) is 42.5 Å². The molecule has 1 aromatic rings. The van der Waals surface area contributed by atoms with E-state index in [1.54, 1.807) is 32.3 Å². The van der Waals surface area contributed by atoms with E-state index in [0.29, 0.717) is 22.7 Å². The lowest BCUT2D eigenvalue weighted by atomic mass is 10.1. The van der Waals surface area contributed by atoms with Gasteiger partial charge in [0.15, 0.2) is 0 Å². The van der Waals surface area contributed by atoms with Crippen LogP contribution in [0.1, 0.15) is 23.2 Å². The van der Waals surface area contributed by atoms with Crippen molar-refractivity contribution < 1.29 is 14.7 Å². The van der Waals surface area contributed by atoms with E-state index in [-0.39, 0.29) is 24.8 Å². The largest absolute Gasteiger partial charge is 0.396 e. The van der Waals surface area contributed by atoms with Crippen molar-refractivity contribution in [2.45, 2.75) is 12.8 Å². The summed E-state index contributed by atoms with van der Waals surface area (Å²) in [7, 11) is 3.26. The summed E-state index contributed by atoms with van der Waals surface area (Å²) in [6.45, 7) is -0.0294. The Labute approximate surface area is 117 Å². The minimum Gasteiger partial charge on any atom is -0.396 e. The van der Waals surface area contributed by atoms with Crippen LogP contribution in [-0.2, 0) is 4.79 Å². The van der Waals surface area contributed by atoms with Crippen LogP contribution >= 0.6 is 11.6 Å². The summed E-state index contributed by atoms with van der Waals surface area (Å²) in [6.07, 6.45) is 0.638. The molecule has 0 radical (unpaired) electrons. The first-order valence-corrected chi connectivity index (χ1v) is 6.25. The topological polar surface area (TPSA) is 69.6 Å². The third-order valence-electron chi connectivity index (χ3n) is 2.45. The lowest BCUT2D eigenvalue weighted by Gasteiger charge is -2.13. The molecular formula is C13H17ClN2O3. The van der Waals surface area contributed by atoms with Crippen LogP contribution in [0.3, 0.4) is 0 Å². The predicted octanol–water partition coefficient (Wildman–Crippen LogP) is 1.75. The van der Waals surface area contributed by atoms with Crippen LogP contribution < -0.4 is 5.32 Å². The van der Waals surface area contributed by atoms with Gasteiger partial charge in [0.05, 0.1) is 10.6 Å². The van der Waals surface area contributed by atoms with E-state index in [2.05, 4.69) is 5.32 Å². The minimum atomic E-state index is -0.226. The normalized spacial score (nSPS) is 10.1. The number of aliphatic hydroxyl groups excluding tert-OH is 1. The number of carbonyl (C=O) groups excluding carboxylic acids is 2. The number of amides is 2. The first-order chi connectivity index (χ1) is 8.95. The predicted molar refractivity (Wildman–Crippen MR) is 74.4 cm³/mol. The van der Waals surface area contributed by atoms with Gasteiger partial charge in [0.1, 0.15) is 0 Å². The molecule has 6 heteroatoms. The van der Waals surface area contributed by atoms with Crippen LogP contribution in [0, 0.1) is 0 Å². The van der Waals surface area contributed by atoms with Crippen LogP contribution in [0.5, 0.6) is 0 Å². The molecule has 0 saturated carbocycles. The van der Waals surface area contributed by atoms with Crippen molar-refractivity contribution in [1.82, 2.24) is 4.90 Å². The van der Waals surface area contributed by atoms with E-state index in [9.17, 15) is 9.59 Å². The summed E-state index contributed by atoms with van der Waals surface area (Å²) in [5.41, 5.74) is 0.851. The van der Waals surface area contributed by atoms with Crippen LogP contribution in [0.4, 0.5) is 5.69 Å². The Bertz CT molecular complexity index is 475. The molecule has 0 unspecified atom stereocenters. The van der Waals surface area contributed by atoms with Crippen molar-refractivity contribution in [2.24, 2.45) is 0 Å². The fourth-order valence-corrected chi connectivity index (χ4v) is 1.67. The lowest BCUT2D eigenvalue weighted by molar-refractivity contribution is -0.116. The highest BCUT2D eigenvalue weighted by Gasteiger charge is 2.13. The highest BCUT2D eigenvalue weighted by atomic mass is 35.5. The van der Waals surface area contributed by atoms with Crippen molar-refractivity contribution in [3.8, 4) is 0 Å². The van der Waals surface area contributed by atoms with Gasteiger partial charge in [-0.25, -0.2) is 0 Å². The molecule has 0 spiro atoms. The lowest BCUT2D eigenvalue weighted by Crippen LogP contribution is -2.22. The molecule has 5 nitrogen and oxygen atoms in total. The van der Waals surface area contributed by atoms with Crippen LogP contribution in [0.25, 0.3) is 0 Å². The molecule has 19 heavy (non-hydrogen) atoms. The van der Waals surface area contributed by atoms with Gasteiger partial charge in [-0.15, -0.1) is 0 Å². The molecular weight excluding hydrogens is 268 g/mol. The molecule has 2 amide bonds. The molecule has 0 aliphatic heterocycles. The molecule has 2 N–H and O–H groups in total. The first kappa shape index (κ1) is 15.5. The van der Waals surface area contributed by atoms with Gasteiger partial charge < -0.3 is 15.3 Å². The Kier molecular flexibility index (Phi) is 5.79. The molecule has 1 rings (SSSR count). The maximum Gasteiger partial charge on any atom is 0.254 e. The van der Waals surface area contributed by atoms with E-state index in [1.807, 2.05) is 0 Å². The molecule has 0 bridgehead atoms. The zero-order valence-corrected chi connectivity index (χ0v) is 11.7. The van der Waals surface area contributed by atoms with Gasteiger partial charge in [-0.3, -0.25) is 9.59 Å². The number of benzene rings is 1. The summed E-state index contributed by atoms with van der Waals surface area (Å²) in [5, 5.41) is 11.6. The number of hydrogen-bond acceptors (Lipinski definition) is 3. The monoisotopic (exact) mass is 284 g/mol. The Morgan fingerprint density at radius 3 is 2.63 bits per heavy atom. The highest BCUT2D eigenvalue weighted by molar-refractivity contribution is 6.34. The average Bonchev–Trinajstić information content (AvgIpc) is 2.37. The van der Waals surface area contributed by atoms with Crippen molar-refractivity contribution in [3.63, 3.8) is 0 Å².